The number of benzene rings is 4. The number of anilines is 1. The highest BCUT2D eigenvalue weighted by Crippen LogP contribution is 2.35. The zero-order valence-corrected chi connectivity index (χ0v) is 26.0. The lowest BCUT2D eigenvalue weighted by molar-refractivity contribution is -0.644. The highest BCUT2D eigenvalue weighted by atomic mass is 16.5. The molecule has 2 heterocycles. The molecule has 5 aromatic rings. The molecule has 0 saturated heterocycles. The Labute approximate surface area is 272 Å². The summed E-state index contributed by atoms with van der Waals surface area (Å²) in [6.07, 6.45) is 12.3. The maximum atomic E-state index is 11.1. The highest BCUT2D eigenvalue weighted by molar-refractivity contribution is 5.90. The number of pyridine rings is 1. The van der Waals surface area contributed by atoms with Gasteiger partial charge in [0.1, 0.15) is 31.8 Å². The van der Waals surface area contributed by atoms with E-state index < -0.39 is 11.9 Å². The lowest BCUT2D eigenvalue weighted by atomic mass is 9.99. The van der Waals surface area contributed by atoms with E-state index in [1.54, 1.807) is 48.5 Å². The molecule has 6 rings (SSSR count). The molecule has 8 heteroatoms. The molecule has 234 valence electrons. The van der Waals surface area contributed by atoms with Crippen LogP contribution in [0.3, 0.4) is 0 Å². The van der Waals surface area contributed by atoms with E-state index in [1.807, 2.05) is 69.0 Å². The largest absolute Gasteiger partial charge is 0.489 e. The number of aromatic carboxylic acids is 2. The van der Waals surface area contributed by atoms with Crippen molar-refractivity contribution in [2.45, 2.75) is 13.2 Å². The molecule has 0 radical (unpaired) electrons. The Morgan fingerprint density at radius 1 is 0.787 bits per heavy atom. The molecule has 8 nitrogen and oxygen atoms in total. The SMILES string of the molecule is CN1C=CC(=CC=Cc2cc[n+](C)c3ccc(OCc4ccc(C(=O)O)cc4)cc23)c2cc(OCc3ccc(C(=O)O)cc3)ccc21. The van der Waals surface area contributed by atoms with Crippen molar-refractivity contribution in [3.63, 3.8) is 0 Å². The van der Waals surface area contributed by atoms with Crippen molar-refractivity contribution in [3.8, 4) is 11.5 Å². The fraction of sp³-hybridized carbons (Fsp3) is 0.103. The van der Waals surface area contributed by atoms with E-state index >= 15 is 0 Å². The molecular formula is C39H33N2O6+. The van der Waals surface area contributed by atoms with Crippen LogP contribution < -0.4 is 18.9 Å². The summed E-state index contributed by atoms with van der Waals surface area (Å²) < 4.78 is 14.2. The van der Waals surface area contributed by atoms with E-state index in [1.165, 1.54) is 0 Å². The topological polar surface area (TPSA) is 100 Å². The van der Waals surface area contributed by atoms with Crippen molar-refractivity contribution in [1.29, 1.82) is 0 Å². The smallest absolute Gasteiger partial charge is 0.335 e. The first kappa shape index (κ1) is 30.9. The van der Waals surface area contributed by atoms with E-state index in [4.69, 9.17) is 19.7 Å². The van der Waals surface area contributed by atoms with Gasteiger partial charge in [-0.2, -0.15) is 0 Å². The summed E-state index contributed by atoms with van der Waals surface area (Å²) in [5.74, 6) is -0.469. The third kappa shape index (κ3) is 7.07. The summed E-state index contributed by atoms with van der Waals surface area (Å²) in [7, 11) is 4.01. The number of allylic oxidation sites excluding steroid dienone is 4. The Morgan fingerprint density at radius 3 is 2.00 bits per heavy atom. The molecule has 4 aromatic carbocycles. The standard InChI is InChI=1S/C39H32N2O6/c1-40-20-18-28(34-22-32(14-16-36(34)40)46-24-26-6-10-30(11-7-26)38(42)43)4-3-5-29-19-21-41(2)37-17-15-33(23-35(29)37)47-25-27-8-12-31(13-9-27)39(44)45/h3-23H,24-25H2,1-2H3,(H-,42,43,44,45)/p+1. The van der Waals surface area contributed by atoms with Gasteiger partial charge in [-0.15, -0.1) is 0 Å². The number of aromatic nitrogens is 1. The number of carbonyl (C=O) groups is 2. The third-order valence-corrected chi connectivity index (χ3v) is 8.04. The van der Waals surface area contributed by atoms with Gasteiger partial charge in [0.05, 0.1) is 16.5 Å². The Morgan fingerprint density at radius 2 is 1.38 bits per heavy atom. The summed E-state index contributed by atoms with van der Waals surface area (Å²) in [4.78, 5) is 24.4. The Hall–Kier alpha value is -6.15. The Bertz CT molecular complexity index is 2060. The van der Waals surface area contributed by atoms with Crippen LogP contribution in [-0.4, -0.2) is 29.2 Å². The second kappa shape index (κ2) is 13.5. The second-order valence-corrected chi connectivity index (χ2v) is 11.2. The van der Waals surface area contributed by atoms with Crippen LogP contribution in [0.5, 0.6) is 11.5 Å². The zero-order chi connectivity index (χ0) is 32.9. The molecule has 0 saturated carbocycles. The van der Waals surface area contributed by atoms with Crippen molar-refractivity contribution in [2.24, 2.45) is 7.05 Å². The number of hydrogen-bond donors (Lipinski definition) is 2. The number of carboxylic acid groups (broad SMARTS) is 2. The molecule has 1 aliphatic rings. The van der Waals surface area contributed by atoms with Crippen LogP contribution in [-0.2, 0) is 20.3 Å². The molecule has 47 heavy (non-hydrogen) atoms. The number of rotatable bonds is 10. The minimum Gasteiger partial charge on any atom is -0.489 e. The number of fused-ring (bicyclic) bond motifs is 2. The minimum absolute atomic E-state index is 0.244. The molecule has 0 spiro atoms. The molecule has 0 atom stereocenters. The summed E-state index contributed by atoms with van der Waals surface area (Å²) in [5, 5.41) is 19.3. The molecule has 0 bridgehead atoms. The maximum Gasteiger partial charge on any atom is 0.335 e. The molecule has 0 unspecified atom stereocenters. The molecule has 1 aromatic heterocycles. The van der Waals surface area contributed by atoms with Crippen LogP contribution in [0.1, 0.15) is 43.0 Å². The quantitative estimate of drug-likeness (QED) is 0.157. The van der Waals surface area contributed by atoms with Crippen molar-refractivity contribution in [3.05, 3.63) is 155 Å². The lowest BCUT2D eigenvalue weighted by Crippen LogP contribution is -2.28. The monoisotopic (exact) mass is 625 g/mol. The third-order valence-electron chi connectivity index (χ3n) is 8.04. The average molecular weight is 626 g/mol. The van der Waals surface area contributed by atoms with Crippen molar-refractivity contribution in [2.75, 3.05) is 11.9 Å². The van der Waals surface area contributed by atoms with Crippen LogP contribution in [0.4, 0.5) is 5.69 Å². The summed E-state index contributed by atoms with van der Waals surface area (Å²) >= 11 is 0. The molecule has 2 N–H and O–H groups in total. The molecule has 0 fully saturated rings. The van der Waals surface area contributed by atoms with Gasteiger partial charge in [-0.1, -0.05) is 42.5 Å². The van der Waals surface area contributed by atoms with Crippen LogP contribution in [0.2, 0.25) is 0 Å². The fourth-order valence-corrected chi connectivity index (χ4v) is 5.38. The zero-order valence-electron chi connectivity index (χ0n) is 26.0. The second-order valence-electron chi connectivity index (χ2n) is 11.2. The summed E-state index contributed by atoms with van der Waals surface area (Å²) in [6.45, 7) is 0.648. The van der Waals surface area contributed by atoms with Crippen molar-refractivity contribution in [1.82, 2.24) is 0 Å². The van der Waals surface area contributed by atoms with E-state index in [2.05, 4.69) is 33.8 Å². The summed E-state index contributed by atoms with van der Waals surface area (Å²) in [5.41, 5.74) is 7.48. The van der Waals surface area contributed by atoms with Crippen molar-refractivity contribution >= 4 is 40.2 Å². The summed E-state index contributed by atoms with van der Waals surface area (Å²) in [6, 6.07) is 27.4. The van der Waals surface area contributed by atoms with Crippen LogP contribution >= 0.6 is 0 Å². The van der Waals surface area contributed by atoms with Gasteiger partial charge in [0, 0.05) is 36.6 Å². The first-order valence-corrected chi connectivity index (χ1v) is 15.0. The molecule has 0 aliphatic carbocycles. The first-order valence-electron chi connectivity index (χ1n) is 15.0. The van der Waals surface area contributed by atoms with Gasteiger partial charge in [-0.05, 0) is 82.9 Å². The number of nitrogens with zero attached hydrogens (tertiary/aromatic N) is 2. The number of ether oxygens (including phenoxy) is 2. The van der Waals surface area contributed by atoms with E-state index in [9.17, 15) is 9.59 Å². The van der Waals surface area contributed by atoms with Crippen molar-refractivity contribution < 1.29 is 33.8 Å². The van der Waals surface area contributed by atoms with Crippen LogP contribution in [0, 0.1) is 0 Å². The maximum absolute atomic E-state index is 11.1. The van der Waals surface area contributed by atoms with E-state index in [0.717, 1.165) is 55.9 Å². The molecular weight excluding hydrogens is 592 g/mol. The van der Waals surface area contributed by atoms with Gasteiger partial charge >= 0.3 is 11.9 Å². The first-order chi connectivity index (χ1) is 22.7. The number of carboxylic acids is 2. The van der Waals surface area contributed by atoms with E-state index in [-0.39, 0.29) is 11.1 Å². The molecule has 0 amide bonds. The van der Waals surface area contributed by atoms with Gasteiger partial charge in [0.15, 0.2) is 6.20 Å². The molecule has 1 aliphatic heterocycles. The fourth-order valence-electron chi connectivity index (χ4n) is 5.38. The van der Waals surface area contributed by atoms with Gasteiger partial charge in [-0.3, -0.25) is 0 Å². The lowest BCUT2D eigenvalue weighted by Gasteiger charge is -2.24. The minimum atomic E-state index is -0.954. The van der Waals surface area contributed by atoms with Gasteiger partial charge < -0.3 is 24.6 Å². The number of hydrogen-bond acceptors (Lipinski definition) is 5. The normalized spacial score (nSPS) is 13.2. The van der Waals surface area contributed by atoms with Crippen LogP contribution in [0.15, 0.2) is 122 Å². The van der Waals surface area contributed by atoms with Gasteiger partial charge in [0.2, 0.25) is 5.52 Å². The van der Waals surface area contributed by atoms with E-state index in [0.29, 0.717) is 13.2 Å². The van der Waals surface area contributed by atoms with Crippen LogP contribution in [0.25, 0.3) is 22.6 Å². The number of aryl methyl sites for hydroxylation is 1. The average Bonchev–Trinajstić information content (AvgIpc) is 3.08. The Balaban J connectivity index is 1.21. The Kier molecular flexibility index (Phi) is 8.84. The van der Waals surface area contributed by atoms with Gasteiger partial charge in [-0.25, -0.2) is 14.2 Å². The van der Waals surface area contributed by atoms with Gasteiger partial charge in [0.25, 0.3) is 0 Å². The predicted octanol–water partition coefficient (Wildman–Crippen LogP) is 7.28. The predicted molar refractivity (Wildman–Crippen MR) is 182 cm³/mol. The highest BCUT2D eigenvalue weighted by Gasteiger charge is 2.15.